The van der Waals surface area contributed by atoms with Crippen molar-refractivity contribution in [3.8, 4) is 5.75 Å². The molecule has 0 atom stereocenters. The van der Waals surface area contributed by atoms with Crippen molar-refractivity contribution in [2.75, 3.05) is 7.11 Å². The second kappa shape index (κ2) is 3.52. The minimum absolute atomic E-state index is 0.102. The molecule has 1 N–H and O–H groups in total. The van der Waals surface area contributed by atoms with Crippen LogP contribution in [0.2, 0.25) is 0 Å². The number of halogens is 1. The Kier molecular flexibility index (Phi) is 2.30. The molecule has 0 fully saturated rings. The number of carbonyl (C=O) groups is 1. The first-order valence-electron chi connectivity index (χ1n) is 4.61. The van der Waals surface area contributed by atoms with Crippen LogP contribution in [-0.2, 0) is 7.05 Å². The maximum atomic E-state index is 13.4. The Hall–Kier alpha value is -2.04. The fourth-order valence-electron chi connectivity index (χ4n) is 1.70. The highest BCUT2D eigenvalue weighted by Crippen LogP contribution is 2.26. The molecule has 0 aliphatic carbocycles. The van der Waals surface area contributed by atoms with E-state index in [1.165, 1.54) is 29.9 Å². The molecule has 2 aromatic rings. The SMILES string of the molecule is COc1cc2c(cc1F)cc(C(=O)O)n2C. The Morgan fingerprint density at radius 2 is 2.12 bits per heavy atom. The predicted octanol–water partition coefficient (Wildman–Crippen LogP) is 2.02. The van der Waals surface area contributed by atoms with Crippen molar-refractivity contribution in [2.45, 2.75) is 0 Å². The zero-order chi connectivity index (χ0) is 11.9. The summed E-state index contributed by atoms with van der Waals surface area (Å²) in [7, 11) is 2.98. The van der Waals surface area contributed by atoms with E-state index in [0.717, 1.165) is 0 Å². The van der Waals surface area contributed by atoms with Gasteiger partial charge in [-0.2, -0.15) is 0 Å². The van der Waals surface area contributed by atoms with Crippen LogP contribution in [0, 0.1) is 5.82 Å². The first-order valence-corrected chi connectivity index (χ1v) is 4.61. The number of nitrogens with zero attached hydrogens (tertiary/aromatic N) is 1. The van der Waals surface area contributed by atoms with E-state index in [4.69, 9.17) is 9.84 Å². The van der Waals surface area contributed by atoms with Crippen LogP contribution in [0.5, 0.6) is 5.75 Å². The van der Waals surface area contributed by atoms with Crippen LogP contribution in [0.4, 0.5) is 4.39 Å². The van der Waals surface area contributed by atoms with Gasteiger partial charge in [-0.05, 0) is 12.1 Å². The average Bonchev–Trinajstić information content (AvgIpc) is 2.54. The zero-order valence-corrected chi connectivity index (χ0v) is 8.82. The van der Waals surface area contributed by atoms with Crippen LogP contribution in [0.3, 0.4) is 0 Å². The topological polar surface area (TPSA) is 51.5 Å². The summed E-state index contributed by atoms with van der Waals surface area (Å²) < 4.78 is 19.7. The number of hydrogen-bond donors (Lipinski definition) is 1. The summed E-state index contributed by atoms with van der Waals surface area (Å²) in [5, 5.41) is 9.46. The molecule has 84 valence electrons. The van der Waals surface area contributed by atoms with Gasteiger partial charge in [0.25, 0.3) is 0 Å². The Balaban J connectivity index is 2.77. The van der Waals surface area contributed by atoms with Crippen LogP contribution in [-0.4, -0.2) is 22.8 Å². The van der Waals surface area contributed by atoms with Gasteiger partial charge in [-0.25, -0.2) is 9.18 Å². The molecule has 2 rings (SSSR count). The fraction of sp³-hybridized carbons (Fsp3) is 0.182. The van der Waals surface area contributed by atoms with E-state index < -0.39 is 11.8 Å². The summed E-state index contributed by atoms with van der Waals surface area (Å²) in [6.07, 6.45) is 0. The lowest BCUT2D eigenvalue weighted by atomic mass is 10.2. The van der Waals surface area contributed by atoms with Crippen molar-refractivity contribution in [3.05, 3.63) is 29.7 Å². The molecule has 0 aliphatic rings. The monoisotopic (exact) mass is 223 g/mol. The molecule has 1 aromatic carbocycles. The first kappa shape index (κ1) is 10.5. The highest BCUT2D eigenvalue weighted by Gasteiger charge is 2.14. The van der Waals surface area contributed by atoms with Crippen LogP contribution in [0.15, 0.2) is 18.2 Å². The zero-order valence-electron chi connectivity index (χ0n) is 8.82. The van der Waals surface area contributed by atoms with Gasteiger partial charge in [-0.1, -0.05) is 0 Å². The Morgan fingerprint density at radius 3 is 2.69 bits per heavy atom. The molecular weight excluding hydrogens is 213 g/mol. The molecule has 0 saturated carbocycles. The van der Waals surface area contributed by atoms with Gasteiger partial charge < -0.3 is 14.4 Å². The summed E-state index contributed by atoms with van der Waals surface area (Å²) >= 11 is 0. The standard InChI is InChI=1S/C11H10FNO3/c1-13-8-5-10(16-2)7(12)3-6(8)4-9(13)11(14)15/h3-5H,1-2H3,(H,14,15). The number of rotatable bonds is 2. The lowest BCUT2D eigenvalue weighted by Gasteiger charge is -2.03. The predicted molar refractivity (Wildman–Crippen MR) is 56.4 cm³/mol. The average molecular weight is 223 g/mol. The van der Waals surface area contributed by atoms with Crippen LogP contribution in [0.1, 0.15) is 10.5 Å². The summed E-state index contributed by atoms with van der Waals surface area (Å²) in [6, 6.07) is 4.18. The third-order valence-electron chi connectivity index (χ3n) is 2.54. The molecule has 16 heavy (non-hydrogen) atoms. The molecule has 0 amide bonds. The molecular formula is C11H10FNO3. The molecule has 0 unspecified atom stereocenters. The van der Waals surface area contributed by atoms with Crippen molar-refractivity contribution in [1.82, 2.24) is 4.57 Å². The van der Waals surface area contributed by atoms with Gasteiger partial charge in [-0.15, -0.1) is 0 Å². The normalized spacial score (nSPS) is 10.7. The number of aromatic nitrogens is 1. The van der Waals surface area contributed by atoms with Crippen molar-refractivity contribution in [2.24, 2.45) is 7.05 Å². The number of carboxylic acid groups (broad SMARTS) is 1. The molecule has 0 bridgehead atoms. The van der Waals surface area contributed by atoms with Gasteiger partial charge in [0, 0.05) is 18.5 Å². The van der Waals surface area contributed by atoms with Crippen molar-refractivity contribution >= 4 is 16.9 Å². The van der Waals surface area contributed by atoms with E-state index in [0.29, 0.717) is 10.9 Å². The third-order valence-corrected chi connectivity index (χ3v) is 2.54. The Bertz CT molecular complexity index is 574. The van der Waals surface area contributed by atoms with E-state index >= 15 is 0 Å². The summed E-state index contributed by atoms with van der Waals surface area (Å²) in [6.45, 7) is 0. The van der Waals surface area contributed by atoms with E-state index in [2.05, 4.69) is 0 Å². The number of aromatic carboxylic acids is 1. The molecule has 1 aromatic heterocycles. The van der Waals surface area contributed by atoms with Crippen molar-refractivity contribution < 1.29 is 19.0 Å². The number of methoxy groups -OCH3 is 1. The second-order valence-corrected chi connectivity index (χ2v) is 3.44. The van der Waals surface area contributed by atoms with Crippen LogP contribution in [0.25, 0.3) is 10.9 Å². The minimum atomic E-state index is -1.04. The van der Waals surface area contributed by atoms with Crippen LogP contribution >= 0.6 is 0 Å². The number of fused-ring (bicyclic) bond motifs is 1. The molecule has 0 aliphatic heterocycles. The van der Waals surface area contributed by atoms with Gasteiger partial charge in [-0.3, -0.25) is 0 Å². The summed E-state index contributed by atoms with van der Waals surface area (Å²) in [4.78, 5) is 10.9. The lowest BCUT2D eigenvalue weighted by Crippen LogP contribution is -2.03. The highest BCUT2D eigenvalue weighted by atomic mass is 19.1. The van der Waals surface area contributed by atoms with Crippen molar-refractivity contribution in [1.29, 1.82) is 0 Å². The first-order chi connectivity index (χ1) is 7.54. The van der Waals surface area contributed by atoms with E-state index in [-0.39, 0.29) is 11.4 Å². The molecule has 5 heteroatoms. The van der Waals surface area contributed by atoms with Crippen LogP contribution < -0.4 is 4.74 Å². The largest absolute Gasteiger partial charge is 0.494 e. The van der Waals surface area contributed by atoms with Crippen molar-refractivity contribution in [3.63, 3.8) is 0 Å². The lowest BCUT2D eigenvalue weighted by molar-refractivity contribution is 0.0687. The summed E-state index contributed by atoms with van der Waals surface area (Å²) in [5.74, 6) is -1.44. The number of ether oxygens (including phenoxy) is 1. The second-order valence-electron chi connectivity index (χ2n) is 3.44. The quantitative estimate of drug-likeness (QED) is 0.847. The van der Waals surface area contributed by atoms with E-state index in [1.807, 2.05) is 0 Å². The maximum Gasteiger partial charge on any atom is 0.352 e. The molecule has 1 heterocycles. The highest BCUT2D eigenvalue weighted by molar-refractivity contribution is 5.95. The number of benzene rings is 1. The van der Waals surface area contributed by atoms with E-state index in [9.17, 15) is 9.18 Å². The Labute approximate surface area is 90.9 Å². The van der Waals surface area contributed by atoms with Gasteiger partial charge in [0.2, 0.25) is 0 Å². The molecule has 0 saturated heterocycles. The van der Waals surface area contributed by atoms with E-state index in [1.54, 1.807) is 7.05 Å². The molecule has 4 nitrogen and oxygen atoms in total. The third kappa shape index (κ3) is 1.41. The number of carboxylic acids is 1. The number of hydrogen-bond acceptors (Lipinski definition) is 2. The summed E-state index contributed by atoms with van der Waals surface area (Å²) in [5.41, 5.74) is 0.735. The Morgan fingerprint density at radius 1 is 1.44 bits per heavy atom. The smallest absolute Gasteiger partial charge is 0.352 e. The number of aryl methyl sites for hydroxylation is 1. The van der Waals surface area contributed by atoms with Gasteiger partial charge in [0.1, 0.15) is 5.69 Å². The maximum absolute atomic E-state index is 13.4. The fourth-order valence-corrected chi connectivity index (χ4v) is 1.70. The minimum Gasteiger partial charge on any atom is -0.494 e. The van der Waals surface area contributed by atoms with Gasteiger partial charge in [0.15, 0.2) is 11.6 Å². The van der Waals surface area contributed by atoms with Gasteiger partial charge >= 0.3 is 5.97 Å². The van der Waals surface area contributed by atoms with Gasteiger partial charge in [0.05, 0.1) is 12.6 Å². The molecule has 0 spiro atoms. The molecule has 0 radical (unpaired) electrons.